The second-order valence-electron chi connectivity index (χ2n) is 6.97. The van der Waals surface area contributed by atoms with Crippen molar-refractivity contribution in [3.63, 3.8) is 0 Å². The summed E-state index contributed by atoms with van der Waals surface area (Å²) in [6.07, 6.45) is 3.64. The quantitative estimate of drug-likeness (QED) is 0.575. The van der Waals surface area contributed by atoms with Crippen molar-refractivity contribution < 1.29 is 9.53 Å². The maximum atomic E-state index is 13.3. The van der Waals surface area contributed by atoms with E-state index >= 15 is 0 Å². The van der Waals surface area contributed by atoms with Gasteiger partial charge in [-0.05, 0) is 23.3 Å². The molecular weight excluding hydrogens is 352 g/mol. The molecule has 1 fully saturated rings. The first-order chi connectivity index (χ1) is 13.8. The molecule has 0 aliphatic carbocycles. The van der Waals surface area contributed by atoms with E-state index in [1.807, 2.05) is 65.7 Å². The molecule has 0 bridgehead atoms. The largest absolute Gasteiger partial charge is 0.377 e. The standard InChI is InChI=1S/C22H20N4O2/c27-22(26-8-9-28-14-21(26)15-4-2-1-3-5-15)20-11-17-7-6-16(10-19(17)25-20)18-12-23-24-13-18/h1-7,10-13,21,25H,8-9,14H2,(H,23,24)/t21-/m1/s1. The van der Waals surface area contributed by atoms with Gasteiger partial charge >= 0.3 is 0 Å². The normalized spacial score (nSPS) is 17.1. The zero-order chi connectivity index (χ0) is 18.9. The van der Waals surface area contributed by atoms with Crippen molar-refractivity contribution in [3.8, 4) is 11.1 Å². The summed E-state index contributed by atoms with van der Waals surface area (Å²) >= 11 is 0. The van der Waals surface area contributed by atoms with Gasteiger partial charge in [-0.25, -0.2) is 0 Å². The number of rotatable bonds is 3. The minimum absolute atomic E-state index is 0.00165. The van der Waals surface area contributed by atoms with Gasteiger partial charge in [0.2, 0.25) is 0 Å². The highest BCUT2D eigenvalue weighted by Crippen LogP contribution is 2.28. The Kier molecular flexibility index (Phi) is 4.18. The Bertz CT molecular complexity index is 1100. The summed E-state index contributed by atoms with van der Waals surface area (Å²) in [5, 5.41) is 7.85. The van der Waals surface area contributed by atoms with Crippen molar-refractivity contribution >= 4 is 16.8 Å². The Morgan fingerprint density at radius 1 is 1.11 bits per heavy atom. The van der Waals surface area contributed by atoms with Gasteiger partial charge in [-0.15, -0.1) is 0 Å². The number of ether oxygens (including phenoxy) is 1. The lowest BCUT2D eigenvalue weighted by Crippen LogP contribution is -2.43. The van der Waals surface area contributed by atoms with Gasteiger partial charge in [0, 0.05) is 29.2 Å². The van der Waals surface area contributed by atoms with Crippen LogP contribution < -0.4 is 0 Å². The van der Waals surface area contributed by atoms with Gasteiger partial charge in [-0.2, -0.15) is 5.10 Å². The molecule has 3 heterocycles. The van der Waals surface area contributed by atoms with E-state index in [0.29, 0.717) is 25.5 Å². The average molecular weight is 372 g/mol. The maximum absolute atomic E-state index is 13.3. The summed E-state index contributed by atoms with van der Waals surface area (Å²) in [4.78, 5) is 18.5. The van der Waals surface area contributed by atoms with E-state index in [1.165, 1.54) is 0 Å². The summed E-state index contributed by atoms with van der Waals surface area (Å²) in [5.41, 5.74) is 4.69. The molecule has 4 aromatic rings. The molecule has 2 aromatic carbocycles. The Morgan fingerprint density at radius 3 is 2.82 bits per heavy atom. The van der Waals surface area contributed by atoms with Gasteiger partial charge in [0.1, 0.15) is 5.69 Å². The molecule has 1 atom stereocenters. The minimum atomic E-state index is -0.0737. The van der Waals surface area contributed by atoms with Crippen molar-refractivity contribution in [2.45, 2.75) is 6.04 Å². The number of morpholine rings is 1. The van der Waals surface area contributed by atoms with Crippen LogP contribution in [0.4, 0.5) is 0 Å². The van der Waals surface area contributed by atoms with E-state index in [1.54, 1.807) is 6.20 Å². The van der Waals surface area contributed by atoms with Crippen LogP contribution in [0.25, 0.3) is 22.0 Å². The summed E-state index contributed by atoms with van der Waals surface area (Å²) in [6.45, 7) is 1.65. The van der Waals surface area contributed by atoms with Crippen LogP contribution in [0.2, 0.25) is 0 Å². The Balaban J connectivity index is 1.47. The van der Waals surface area contributed by atoms with Gasteiger partial charge in [-0.1, -0.05) is 42.5 Å². The zero-order valence-corrected chi connectivity index (χ0v) is 15.3. The number of hydrogen-bond acceptors (Lipinski definition) is 3. The molecule has 140 valence electrons. The van der Waals surface area contributed by atoms with Crippen LogP contribution >= 0.6 is 0 Å². The van der Waals surface area contributed by atoms with Crippen LogP contribution in [0.15, 0.2) is 67.0 Å². The molecule has 2 N–H and O–H groups in total. The van der Waals surface area contributed by atoms with Crippen LogP contribution in [0.5, 0.6) is 0 Å². The van der Waals surface area contributed by atoms with Crippen LogP contribution in [-0.4, -0.2) is 45.7 Å². The molecule has 6 nitrogen and oxygen atoms in total. The predicted molar refractivity (Wildman–Crippen MR) is 107 cm³/mol. The third kappa shape index (κ3) is 2.97. The Morgan fingerprint density at radius 2 is 2.00 bits per heavy atom. The second-order valence-corrected chi connectivity index (χ2v) is 6.97. The number of nitrogens with zero attached hydrogens (tertiary/aromatic N) is 2. The number of H-pyrrole nitrogens is 2. The molecule has 5 rings (SSSR count). The molecule has 6 heteroatoms. The third-order valence-electron chi connectivity index (χ3n) is 5.26. The van der Waals surface area contributed by atoms with Gasteiger partial charge in [0.05, 0.1) is 25.5 Å². The number of aromatic nitrogens is 3. The van der Waals surface area contributed by atoms with E-state index in [9.17, 15) is 4.79 Å². The molecule has 2 aromatic heterocycles. The topological polar surface area (TPSA) is 74.0 Å². The van der Waals surface area contributed by atoms with Gasteiger partial charge in [-0.3, -0.25) is 9.89 Å². The molecule has 0 radical (unpaired) electrons. The highest BCUT2D eigenvalue weighted by Gasteiger charge is 2.30. The first-order valence-electron chi connectivity index (χ1n) is 9.35. The fourth-order valence-corrected chi connectivity index (χ4v) is 3.78. The monoisotopic (exact) mass is 372 g/mol. The number of carbonyl (C=O) groups excluding carboxylic acids is 1. The molecule has 1 saturated heterocycles. The van der Waals surface area contributed by atoms with Crippen molar-refractivity contribution in [2.24, 2.45) is 0 Å². The minimum Gasteiger partial charge on any atom is -0.377 e. The van der Waals surface area contributed by atoms with E-state index < -0.39 is 0 Å². The smallest absolute Gasteiger partial charge is 0.270 e. The molecule has 1 aliphatic rings. The fourth-order valence-electron chi connectivity index (χ4n) is 3.78. The number of hydrogen-bond donors (Lipinski definition) is 2. The van der Waals surface area contributed by atoms with E-state index in [-0.39, 0.29) is 11.9 Å². The van der Waals surface area contributed by atoms with Crippen molar-refractivity contribution in [1.29, 1.82) is 0 Å². The molecule has 28 heavy (non-hydrogen) atoms. The lowest BCUT2D eigenvalue weighted by Gasteiger charge is -2.35. The van der Waals surface area contributed by atoms with Gasteiger partial charge < -0.3 is 14.6 Å². The van der Waals surface area contributed by atoms with Crippen LogP contribution in [0.1, 0.15) is 22.1 Å². The Hall–Kier alpha value is -3.38. The van der Waals surface area contributed by atoms with E-state index in [4.69, 9.17) is 4.74 Å². The molecule has 0 saturated carbocycles. The van der Waals surface area contributed by atoms with E-state index in [2.05, 4.69) is 15.2 Å². The van der Waals surface area contributed by atoms with Crippen LogP contribution in [0.3, 0.4) is 0 Å². The maximum Gasteiger partial charge on any atom is 0.270 e. The Labute approximate surface area is 162 Å². The molecule has 1 amide bonds. The molecular formula is C22H20N4O2. The first-order valence-corrected chi connectivity index (χ1v) is 9.35. The number of aromatic amines is 2. The summed E-state index contributed by atoms with van der Waals surface area (Å²) in [6, 6.07) is 18.0. The van der Waals surface area contributed by atoms with Crippen molar-refractivity contribution in [1.82, 2.24) is 20.1 Å². The zero-order valence-electron chi connectivity index (χ0n) is 15.3. The SMILES string of the molecule is O=C(c1cc2ccc(-c3cn[nH]c3)cc2[nH]1)N1CCOC[C@@H]1c1ccccc1. The van der Waals surface area contributed by atoms with Crippen LogP contribution in [-0.2, 0) is 4.74 Å². The van der Waals surface area contributed by atoms with Gasteiger partial charge in [0.25, 0.3) is 5.91 Å². The summed E-state index contributed by atoms with van der Waals surface area (Å²) in [5.74, 6) is -0.00165. The van der Waals surface area contributed by atoms with Crippen molar-refractivity contribution in [3.05, 3.63) is 78.2 Å². The number of fused-ring (bicyclic) bond motifs is 1. The highest BCUT2D eigenvalue weighted by atomic mass is 16.5. The van der Waals surface area contributed by atoms with Gasteiger partial charge in [0.15, 0.2) is 0 Å². The summed E-state index contributed by atoms with van der Waals surface area (Å²) in [7, 11) is 0. The first kappa shape index (κ1) is 16.8. The summed E-state index contributed by atoms with van der Waals surface area (Å²) < 4.78 is 5.66. The van der Waals surface area contributed by atoms with Crippen LogP contribution in [0, 0.1) is 0 Å². The fraction of sp³-hybridized carbons (Fsp3) is 0.182. The van der Waals surface area contributed by atoms with Crippen molar-refractivity contribution in [2.75, 3.05) is 19.8 Å². The molecule has 0 spiro atoms. The second kappa shape index (κ2) is 6.98. The number of nitrogens with one attached hydrogen (secondary N) is 2. The van der Waals surface area contributed by atoms with E-state index in [0.717, 1.165) is 27.6 Å². The number of benzene rings is 2. The average Bonchev–Trinajstić information content (AvgIpc) is 3.43. The molecule has 0 unspecified atom stereocenters. The highest BCUT2D eigenvalue weighted by molar-refractivity contribution is 5.99. The number of carbonyl (C=O) groups is 1. The number of amides is 1. The lowest BCUT2D eigenvalue weighted by molar-refractivity contribution is -0.00295. The third-order valence-corrected chi connectivity index (χ3v) is 5.26. The lowest BCUT2D eigenvalue weighted by atomic mass is 10.0. The predicted octanol–water partition coefficient (Wildman–Crippen LogP) is 3.77. The molecule has 1 aliphatic heterocycles.